The zero-order valence-electron chi connectivity index (χ0n) is 19.2. The molecule has 5 heteroatoms. The number of carboxylic acids is 1. The maximum Gasteiger partial charge on any atom is 0.308 e. The molecule has 0 heterocycles. The SMILES string of the molecule is CC(=O)c1cccc(NC(=O)[C@@H]2[C@@H](C(=O)O)[C@@H]3C=C[C@@H]2C3=C(c2ccccc2)c2ccccc2)c1. The van der Waals surface area contributed by atoms with Crippen molar-refractivity contribution in [3.8, 4) is 0 Å². The molecule has 4 atom stereocenters. The van der Waals surface area contributed by atoms with E-state index in [2.05, 4.69) is 5.32 Å². The molecule has 2 aliphatic carbocycles. The number of anilines is 1. The highest BCUT2D eigenvalue weighted by Crippen LogP contribution is 2.55. The normalized spacial score (nSPS) is 22.1. The number of ketones is 1. The number of benzene rings is 3. The number of fused-ring (bicyclic) bond motifs is 2. The summed E-state index contributed by atoms with van der Waals surface area (Å²) in [6.07, 6.45) is 3.91. The maximum absolute atomic E-state index is 13.5. The molecular weight excluding hydrogens is 438 g/mol. The fourth-order valence-electron chi connectivity index (χ4n) is 5.46. The molecule has 0 aromatic heterocycles. The van der Waals surface area contributed by atoms with E-state index in [9.17, 15) is 19.5 Å². The zero-order chi connectivity index (χ0) is 24.5. The van der Waals surface area contributed by atoms with Crippen LogP contribution in [0.1, 0.15) is 28.4 Å². The molecule has 5 nitrogen and oxygen atoms in total. The third-order valence-electron chi connectivity index (χ3n) is 6.94. The van der Waals surface area contributed by atoms with E-state index in [1.54, 1.807) is 24.3 Å². The molecule has 2 bridgehead atoms. The number of nitrogens with one attached hydrogen (secondary N) is 1. The molecule has 0 radical (unpaired) electrons. The minimum absolute atomic E-state index is 0.104. The Morgan fingerprint density at radius 3 is 1.80 bits per heavy atom. The lowest BCUT2D eigenvalue weighted by molar-refractivity contribution is -0.146. The van der Waals surface area contributed by atoms with Crippen LogP contribution in [-0.2, 0) is 9.59 Å². The Kier molecular flexibility index (Phi) is 5.91. The molecule has 0 saturated heterocycles. The second-order valence-corrected chi connectivity index (χ2v) is 9.01. The Hall–Kier alpha value is -4.25. The highest BCUT2D eigenvalue weighted by Gasteiger charge is 2.55. The van der Waals surface area contributed by atoms with Crippen LogP contribution in [0, 0.1) is 23.7 Å². The fraction of sp³-hybridized carbons (Fsp3) is 0.167. The van der Waals surface area contributed by atoms with Gasteiger partial charge in [0.15, 0.2) is 5.78 Å². The zero-order valence-corrected chi connectivity index (χ0v) is 19.2. The molecular formula is C30H25NO4. The predicted octanol–water partition coefficient (Wildman–Crippen LogP) is 5.46. The van der Waals surface area contributed by atoms with Gasteiger partial charge in [-0.2, -0.15) is 0 Å². The van der Waals surface area contributed by atoms with Crippen LogP contribution in [0.25, 0.3) is 5.57 Å². The van der Waals surface area contributed by atoms with Gasteiger partial charge in [-0.05, 0) is 41.3 Å². The van der Waals surface area contributed by atoms with Crippen LogP contribution < -0.4 is 5.32 Å². The molecule has 0 aliphatic heterocycles. The third-order valence-corrected chi connectivity index (χ3v) is 6.94. The van der Waals surface area contributed by atoms with Gasteiger partial charge >= 0.3 is 5.97 Å². The lowest BCUT2D eigenvalue weighted by atomic mass is 9.82. The van der Waals surface area contributed by atoms with Gasteiger partial charge in [0.1, 0.15) is 0 Å². The lowest BCUT2D eigenvalue weighted by Gasteiger charge is -2.23. The minimum Gasteiger partial charge on any atom is -0.481 e. The summed E-state index contributed by atoms with van der Waals surface area (Å²) in [6, 6.07) is 26.5. The monoisotopic (exact) mass is 463 g/mol. The van der Waals surface area contributed by atoms with Gasteiger partial charge in [-0.3, -0.25) is 14.4 Å². The van der Waals surface area contributed by atoms with Gasteiger partial charge < -0.3 is 10.4 Å². The van der Waals surface area contributed by atoms with Crippen molar-refractivity contribution < 1.29 is 19.5 Å². The number of carbonyl (C=O) groups is 3. The Balaban J connectivity index is 1.60. The molecule has 1 amide bonds. The average Bonchev–Trinajstić information content (AvgIpc) is 3.42. The summed E-state index contributed by atoms with van der Waals surface area (Å²) in [5, 5.41) is 13.1. The first-order valence-corrected chi connectivity index (χ1v) is 11.6. The summed E-state index contributed by atoms with van der Waals surface area (Å²) < 4.78 is 0. The molecule has 174 valence electrons. The summed E-state index contributed by atoms with van der Waals surface area (Å²) in [5.41, 5.74) is 4.90. The Bertz CT molecular complexity index is 1320. The number of allylic oxidation sites excluding steroid dienone is 3. The van der Waals surface area contributed by atoms with Gasteiger partial charge in [-0.15, -0.1) is 0 Å². The van der Waals surface area contributed by atoms with Crippen molar-refractivity contribution in [1.29, 1.82) is 0 Å². The van der Waals surface area contributed by atoms with Gasteiger partial charge in [0, 0.05) is 23.1 Å². The van der Waals surface area contributed by atoms with Gasteiger partial charge in [0.25, 0.3) is 0 Å². The predicted molar refractivity (Wildman–Crippen MR) is 135 cm³/mol. The van der Waals surface area contributed by atoms with Crippen LogP contribution in [0.2, 0.25) is 0 Å². The minimum atomic E-state index is -0.988. The van der Waals surface area contributed by atoms with E-state index in [-0.39, 0.29) is 23.5 Å². The van der Waals surface area contributed by atoms with E-state index >= 15 is 0 Å². The number of hydrogen-bond acceptors (Lipinski definition) is 3. The van der Waals surface area contributed by atoms with Gasteiger partial charge in [-0.25, -0.2) is 0 Å². The van der Waals surface area contributed by atoms with Crippen molar-refractivity contribution in [3.05, 3.63) is 119 Å². The van der Waals surface area contributed by atoms with E-state index in [0.717, 1.165) is 22.3 Å². The highest BCUT2D eigenvalue weighted by atomic mass is 16.4. The topological polar surface area (TPSA) is 83.5 Å². The Labute approximate surface area is 203 Å². The molecule has 35 heavy (non-hydrogen) atoms. The quantitative estimate of drug-likeness (QED) is 0.375. The van der Waals surface area contributed by atoms with Gasteiger partial charge in [0.2, 0.25) is 5.91 Å². The number of aliphatic carboxylic acids is 1. The molecule has 2 aliphatic rings. The van der Waals surface area contributed by atoms with Crippen molar-refractivity contribution >= 4 is 28.9 Å². The standard InChI is InChI=1S/C30H25NO4/c1-18(32)21-13-8-14-22(17-21)31-29(33)27-23-15-16-24(28(27)30(34)35)26(23)25(19-9-4-2-5-10-19)20-11-6-3-7-12-20/h2-17,23-24,27-28H,1H3,(H,31,33)(H,34,35)/t23-,24-,27+,28+/m1/s1. The number of rotatable bonds is 6. The smallest absolute Gasteiger partial charge is 0.308 e. The van der Waals surface area contributed by atoms with Crippen LogP contribution in [0.4, 0.5) is 5.69 Å². The fourth-order valence-corrected chi connectivity index (χ4v) is 5.46. The van der Waals surface area contributed by atoms with Crippen LogP contribution >= 0.6 is 0 Å². The molecule has 0 unspecified atom stereocenters. The molecule has 5 rings (SSSR count). The van der Waals surface area contributed by atoms with Crippen LogP contribution in [0.3, 0.4) is 0 Å². The van der Waals surface area contributed by atoms with E-state index in [1.807, 2.05) is 72.8 Å². The van der Waals surface area contributed by atoms with E-state index in [0.29, 0.717) is 11.3 Å². The van der Waals surface area contributed by atoms with Crippen molar-refractivity contribution in [2.45, 2.75) is 6.92 Å². The first-order chi connectivity index (χ1) is 17.0. The van der Waals surface area contributed by atoms with Gasteiger partial charge in [0.05, 0.1) is 11.8 Å². The maximum atomic E-state index is 13.5. The van der Waals surface area contributed by atoms with Gasteiger partial charge in [-0.1, -0.05) is 84.9 Å². The number of carboxylic acid groups (broad SMARTS) is 1. The lowest BCUT2D eigenvalue weighted by Crippen LogP contribution is -2.36. The van der Waals surface area contributed by atoms with Crippen LogP contribution in [-0.4, -0.2) is 22.8 Å². The van der Waals surface area contributed by atoms with E-state index in [1.165, 1.54) is 6.92 Å². The molecule has 1 saturated carbocycles. The van der Waals surface area contributed by atoms with Crippen molar-refractivity contribution in [3.63, 3.8) is 0 Å². The number of carbonyl (C=O) groups excluding carboxylic acids is 2. The summed E-state index contributed by atoms with van der Waals surface area (Å²) in [4.78, 5) is 37.8. The summed E-state index contributed by atoms with van der Waals surface area (Å²) in [6.45, 7) is 1.47. The third kappa shape index (κ3) is 4.10. The first kappa shape index (κ1) is 22.5. The molecule has 0 spiro atoms. The average molecular weight is 464 g/mol. The molecule has 2 N–H and O–H groups in total. The number of amides is 1. The van der Waals surface area contributed by atoms with E-state index < -0.39 is 17.8 Å². The summed E-state index contributed by atoms with van der Waals surface area (Å²) in [5.74, 6) is -3.81. The van der Waals surface area contributed by atoms with E-state index in [4.69, 9.17) is 0 Å². The van der Waals surface area contributed by atoms with Crippen molar-refractivity contribution in [1.82, 2.24) is 0 Å². The second kappa shape index (κ2) is 9.18. The van der Waals surface area contributed by atoms with Crippen molar-refractivity contribution in [2.75, 3.05) is 5.32 Å². The van der Waals surface area contributed by atoms with Crippen LogP contribution in [0.15, 0.2) is 103 Å². The Morgan fingerprint density at radius 2 is 1.26 bits per heavy atom. The summed E-state index contributed by atoms with van der Waals surface area (Å²) in [7, 11) is 0. The number of hydrogen-bond donors (Lipinski definition) is 2. The Morgan fingerprint density at radius 1 is 0.714 bits per heavy atom. The largest absolute Gasteiger partial charge is 0.481 e. The first-order valence-electron chi connectivity index (χ1n) is 11.6. The highest BCUT2D eigenvalue weighted by molar-refractivity contribution is 6.00. The second-order valence-electron chi connectivity index (χ2n) is 9.01. The molecule has 3 aromatic carbocycles. The van der Waals surface area contributed by atoms with Crippen molar-refractivity contribution in [2.24, 2.45) is 23.7 Å². The molecule has 1 fully saturated rings. The summed E-state index contributed by atoms with van der Waals surface area (Å²) >= 11 is 0. The van der Waals surface area contributed by atoms with Crippen LogP contribution in [0.5, 0.6) is 0 Å². The molecule has 3 aromatic rings. The number of Topliss-reactive ketones (excluding diaryl/α,β-unsaturated/α-hetero) is 1.